The maximum absolute atomic E-state index is 12.4. The Morgan fingerprint density at radius 3 is 2.50 bits per heavy atom. The summed E-state index contributed by atoms with van der Waals surface area (Å²) in [5, 5.41) is 5.41. The number of hydrogen-bond acceptors (Lipinski definition) is 1. The summed E-state index contributed by atoms with van der Waals surface area (Å²) in [5.41, 5.74) is 4.43. The third-order valence-electron chi connectivity index (χ3n) is 4.76. The smallest absolute Gasteiger partial charge is 0.290 e. The molecule has 0 aliphatic carbocycles. The molecule has 1 amide bonds. The first kappa shape index (κ1) is 16.3. The number of para-hydroxylation sites is 1. The van der Waals surface area contributed by atoms with E-state index in [-0.39, 0.29) is 5.91 Å². The van der Waals surface area contributed by atoms with Gasteiger partial charge in [-0.05, 0) is 43.7 Å². The molecule has 4 rings (SSSR count). The number of pyridine rings is 1. The molecule has 4 aromatic rings. The van der Waals surface area contributed by atoms with E-state index in [2.05, 4.69) is 53.2 Å². The minimum atomic E-state index is -0.0302. The summed E-state index contributed by atoms with van der Waals surface area (Å²) in [5.74, 6) is -0.0302. The lowest BCUT2D eigenvalue weighted by Gasteiger charge is -2.05. The Bertz CT molecular complexity index is 1090. The molecule has 0 saturated heterocycles. The first-order chi connectivity index (χ1) is 12.7. The van der Waals surface area contributed by atoms with Gasteiger partial charge in [-0.15, -0.1) is 0 Å². The summed E-state index contributed by atoms with van der Waals surface area (Å²) in [6, 6.07) is 18.5. The fourth-order valence-corrected chi connectivity index (χ4v) is 3.48. The number of rotatable bonds is 4. The van der Waals surface area contributed by atoms with Gasteiger partial charge < -0.3 is 9.88 Å². The van der Waals surface area contributed by atoms with Crippen LogP contribution in [0.5, 0.6) is 0 Å². The summed E-state index contributed by atoms with van der Waals surface area (Å²) in [7, 11) is 0. The molecule has 2 aromatic heterocycles. The maximum Gasteiger partial charge on any atom is 0.290 e. The van der Waals surface area contributed by atoms with Gasteiger partial charge in [0.05, 0.1) is 0 Å². The van der Waals surface area contributed by atoms with Crippen molar-refractivity contribution in [3.8, 4) is 0 Å². The molecule has 1 N–H and O–H groups in total. The van der Waals surface area contributed by atoms with Crippen molar-refractivity contribution >= 4 is 33.4 Å². The third-order valence-corrected chi connectivity index (χ3v) is 4.76. The Kier molecular flexibility index (Phi) is 4.17. The maximum atomic E-state index is 12.4. The number of nitrogens with one attached hydrogen (secondary N) is 1. The summed E-state index contributed by atoms with van der Waals surface area (Å²) >= 11 is 0. The van der Waals surface area contributed by atoms with Crippen LogP contribution in [0, 0.1) is 6.92 Å². The SMILES string of the molecule is CCn1c2ccccc2c2cc(NC(=O)C[n+]3ccc(C)cc3)ccc21. The van der Waals surface area contributed by atoms with Crippen molar-refractivity contribution in [2.24, 2.45) is 0 Å². The summed E-state index contributed by atoms with van der Waals surface area (Å²) in [6.07, 6.45) is 3.85. The molecule has 2 aromatic carbocycles. The van der Waals surface area contributed by atoms with E-state index < -0.39 is 0 Å². The zero-order valence-electron chi connectivity index (χ0n) is 15.1. The van der Waals surface area contributed by atoms with Crippen molar-refractivity contribution in [3.63, 3.8) is 0 Å². The van der Waals surface area contributed by atoms with Crippen LogP contribution in [0.25, 0.3) is 21.8 Å². The molecule has 0 radical (unpaired) electrons. The van der Waals surface area contributed by atoms with Crippen molar-refractivity contribution in [1.82, 2.24) is 4.57 Å². The molecule has 0 fully saturated rings. The van der Waals surface area contributed by atoms with Crippen molar-refractivity contribution < 1.29 is 9.36 Å². The van der Waals surface area contributed by atoms with E-state index in [0.29, 0.717) is 6.54 Å². The predicted molar refractivity (Wildman–Crippen MR) is 105 cm³/mol. The first-order valence-corrected chi connectivity index (χ1v) is 8.92. The van der Waals surface area contributed by atoms with Gasteiger partial charge in [-0.3, -0.25) is 4.79 Å². The highest BCUT2D eigenvalue weighted by Crippen LogP contribution is 2.30. The second-order valence-corrected chi connectivity index (χ2v) is 6.59. The zero-order valence-corrected chi connectivity index (χ0v) is 15.1. The molecule has 0 bridgehead atoms. The normalized spacial score (nSPS) is 11.2. The number of anilines is 1. The average Bonchev–Trinajstić information content (AvgIpc) is 2.97. The standard InChI is InChI=1S/C22H21N3O/c1-3-25-20-7-5-4-6-18(20)19-14-17(8-9-21(19)25)23-22(26)15-24-12-10-16(2)11-13-24/h4-14H,3,15H2,1-2H3/p+1. The fourth-order valence-electron chi connectivity index (χ4n) is 3.48. The van der Waals surface area contributed by atoms with Gasteiger partial charge in [-0.1, -0.05) is 18.2 Å². The predicted octanol–water partition coefficient (Wildman–Crippen LogP) is 4.05. The molecule has 2 heterocycles. The zero-order chi connectivity index (χ0) is 18.1. The van der Waals surface area contributed by atoms with Crippen molar-refractivity contribution in [2.75, 3.05) is 5.32 Å². The number of carbonyl (C=O) groups excluding carboxylic acids is 1. The van der Waals surface area contributed by atoms with Crippen LogP contribution >= 0.6 is 0 Å². The summed E-state index contributed by atoms with van der Waals surface area (Å²) in [6.45, 7) is 5.40. The van der Waals surface area contributed by atoms with Gasteiger partial charge >= 0.3 is 0 Å². The second-order valence-electron chi connectivity index (χ2n) is 6.59. The Balaban J connectivity index is 1.64. The number of carbonyl (C=O) groups is 1. The van der Waals surface area contributed by atoms with Crippen LogP contribution in [0.4, 0.5) is 5.69 Å². The number of nitrogens with zero attached hydrogens (tertiary/aromatic N) is 2. The number of fused-ring (bicyclic) bond motifs is 3. The molecular formula is C22H22N3O+. The lowest BCUT2D eigenvalue weighted by molar-refractivity contribution is -0.684. The van der Waals surface area contributed by atoms with Gasteiger partial charge in [0.2, 0.25) is 6.54 Å². The number of amides is 1. The average molecular weight is 344 g/mol. The molecule has 4 heteroatoms. The number of hydrogen-bond donors (Lipinski definition) is 1. The highest BCUT2D eigenvalue weighted by Gasteiger charge is 2.12. The van der Waals surface area contributed by atoms with E-state index in [9.17, 15) is 4.79 Å². The highest BCUT2D eigenvalue weighted by molar-refractivity contribution is 6.09. The van der Waals surface area contributed by atoms with Gasteiger partial charge in [-0.25, -0.2) is 0 Å². The van der Waals surface area contributed by atoms with Gasteiger partial charge in [-0.2, -0.15) is 4.57 Å². The minimum Gasteiger partial charge on any atom is -0.341 e. The van der Waals surface area contributed by atoms with Gasteiger partial charge in [0.15, 0.2) is 12.4 Å². The molecule has 0 aliphatic heterocycles. The van der Waals surface area contributed by atoms with Crippen LogP contribution in [0.1, 0.15) is 12.5 Å². The molecule has 4 nitrogen and oxygen atoms in total. The van der Waals surface area contributed by atoms with E-state index >= 15 is 0 Å². The lowest BCUT2D eigenvalue weighted by atomic mass is 10.1. The van der Waals surface area contributed by atoms with Crippen LogP contribution in [-0.4, -0.2) is 10.5 Å². The van der Waals surface area contributed by atoms with Gasteiger partial charge in [0.1, 0.15) is 0 Å². The number of aromatic nitrogens is 2. The van der Waals surface area contributed by atoms with Crippen LogP contribution in [0.2, 0.25) is 0 Å². The Labute approximate surface area is 152 Å². The molecule has 0 unspecified atom stereocenters. The lowest BCUT2D eigenvalue weighted by Crippen LogP contribution is -2.39. The molecule has 0 spiro atoms. The Morgan fingerprint density at radius 1 is 1.00 bits per heavy atom. The van der Waals surface area contributed by atoms with Crippen molar-refractivity contribution in [3.05, 3.63) is 72.6 Å². The molecule has 0 atom stereocenters. The molecule has 26 heavy (non-hydrogen) atoms. The van der Waals surface area contributed by atoms with Crippen molar-refractivity contribution in [2.45, 2.75) is 26.9 Å². The monoisotopic (exact) mass is 344 g/mol. The van der Waals surface area contributed by atoms with E-state index in [1.807, 2.05) is 42.1 Å². The second kappa shape index (κ2) is 6.64. The van der Waals surface area contributed by atoms with E-state index in [4.69, 9.17) is 0 Å². The number of aryl methyl sites for hydroxylation is 2. The summed E-state index contributed by atoms with van der Waals surface area (Å²) < 4.78 is 4.18. The Hall–Kier alpha value is -3.14. The van der Waals surface area contributed by atoms with Gasteiger partial charge in [0, 0.05) is 46.2 Å². The van der Waals surface area contributed by atoms with Crippen LogP contribution in [-0.2, 0) is 17.9 Å². The van der Waals surface area contributed by atoms with Crippen LogP contribution < -0.4 is 9.88 Å². The minimum absolute atomic E-state index is 0.0302. The highest BCUT2D eigenvalue weighted by atomic mass is 16.1. The molecule has 0 saturated carbocycles. The van der Waals surface area contributed by atoms with Crippen LogP contribution in [0.15, 0.2) is 67.0 Å². The first-order valence-electron chi connectivity index (χ1n) is 8.92. The van der Waals surface area contributed by atoms with E-state index in [0.717, 1.165) is 12.2 Å². The molecular weight excluding hydrogens is 322 g/mol. The fraction of sp³-hybridized carbons (Fsp3) is 0.182. The van der Waals surface area contributed by atoms with E-state index in [1.165, 1.54) is 27.4 Å². The van der Waals surface area contributed by atoms with Gasteiger partial charge in [0.25, 0.3) is 5.91 Å². The van der Waals surface area contributed by atoms with Crippen LogP contribution in [0.3, 0.4) is 0 Å². The van der Waals surface area contributed by atoms with E-state index in [1.54, 1.807) is 0 Å². The number of benzene rings is 2. The van der Waals surface area contributed by atoms with Crippen molar-refractivity contribution in [1.29, 1.82) is 0 Å². The Morgan fingerprint density at radius 2 is 1.73 bits per heavy atom. The molecule has 0 aliphatic rings. The topological polar surface area (TPSA) is 37.9 Å². The molecule has 130 valence electrons. The largest absolute Gasteiger partial charge is 0.341 e. The third kappa shape index (κ3) is 2.94. The quantitative estimate of drug-likeness (QED) is 0.557. The summed E-state index contributed by atoms with van der Waals surface area (Å²) in [4.78, 5) is 12.4.